The molecule has 0 fully saturated rings. The Morgan fingerprint density at radius 3 is 2.95 bits per heavy atom. The van der Waals surface area contributed by atoms with E-state index in [9.17, 15) is 9.18 Å². The monoisotopic (exact) mass is 255 g/mol. The maximum atomic E-state index is 13.5. The van der Waals surface area contributed by atoms with Gasteiger partial charge in [-0.15, -0.1) is 0 Å². The van der Waals surface area contributed by atoms with Gasteiger partial charge in [-0.3, -0.25) is 9.78 Å². The standard InChI is InChI=1S/C15H10FNO2/c16-13-5-1-4-12-14(18)11(9-19-15(12)13)7-10-3-2-6-17-8-10/h1-8H,9H2. The van der Waals surface area contributed by atoms with E-state index in [4.69, 9.17) is 4.74 Å². The van der Waals surface area contributed by atoms with Crippen LogP contribution in [0.25, 0.3) is 6.08 Å². The Labute approximate surface area is 109 Å². The number of ketones is 1. The van der Waals surface area contributed by atoms with Crippen LogP contribution in [0.15, 0.2) is 48.3 Å². The van der Waals surface area contributed by atoms with Crippen LogP contribution in [0.2, 0.25) is 0 Å². The SMILES string of the molecule is O=C1C(=Cc2cccnc2)COc2c(F)cccc21. The Morgan fingerprint density at radius 2 is 2.16 bits per heavy atom. The number of hydrogen-bond acceptors (Lipinski definition) is 3. The maximum absolute atomic E-state index is 13.5. The van der Waals surface area contributed by atoms with Gasteiger partial charge in [-0.2, -0.15) is 0 Å². The Balaban J connectivity index is 2.01. The molecule has 0 atom stereocenters. The van der Waals surface area contributed by atoms with E-state index in [1.807, 2.05) is 6.07 Å². The number of aromatic nitrogens is 1. The zero-order valence-electron chi connectivity index (χ0n) is 9.97. The minimum absolute atomic E-state index is 0.0378. The maximum Gasteiger partial charge on any atom is 0.196 e. The van der Waals surface area contributed by atoms with Crippen molar-refractivity contribution >= 4 is 11.9 Å². The molecule has 3 nitrogen and oxygen atoms in total. The number of benzene rings is 1. The van der Waals surface area contributed by atoms with Gasteiger partial charge in [0.1, 0.15) is 6.61 Å². The van der Waals surface area contributed by atoms with Crippen molar-refractivity contribution < 1.29 is 13.9 Å². The number of para-hydroxylation sites is 1. The third kappa shape index (κ3) is 2.12. The summed E-state index contributed by atoms with van der Waals surface area (Å²) in [5.74, 6) is -0.674. The molecule has 0 aliphatic carbocycles. The molecule has 4 heteroatoms. The summed E-state index contributed by atoms with van der Waals surface area (Å²) in [5.41, 5.74) is 1.57. The molecule has 19 heavy (non-hydrogen) atoms. The molecular formula is C15H10FNO2. The number of fused-ring (bicyclic) bond motifs is 1. The van der Waals surface area contributed by atoms with Crippen molar-refractivity contribution in [2.75, 3.05) is 6.61 Å². The van der Waals surface area contributed by atoms with Gasteiger partial charge < -0.3 is 4.74 Å². The highest BCUT2D eigenvalue weighted by molar-refractivity contribution is 6.14. The number of hydrogen-bond donors (Lipinski definition) is 0. The molecule has 1 aliphatic rings. The summed E-state index contributed by atoms with van der Waals surface area (Å²) in [4.78, 5) is 16.2. The molecule has 0 saturated carbocycles. The highest BCUT2D eigenvalue weighted by Crippen LogP contribution is 2.30. The molecule has 0 N–H and O–H groups in total. The topological polar surface area (TPSA) is 39.2 Å². The number of Topliss-reactive ketones (excluding diaryl/α,β-unsaturated/α-hetero) is 1. The summed E-state index contributed by atoms with van der Waals surface area (Å²) in [6.45, 7) is 0.0711. The second kappa shape index (κ2) is 4.65. The predicted molar refractivity (Wildman–Crippen MR) is 68.4 cm³/mol. The van der Waals surface area contributed by atoms with Crippen LogP contribution in [-0.2, 0) is 0 Å². The highest BCUT2D eigenvalue weighted by Gasteiger charge is 2.25. The second-order valence-electron chi connectivity index (χ2n) is 4.19. The lowest BCUT2D eigenvalue weighted by molar-refractivity contribution is 0.0998. The van der Waals surface area contributed by atoms with Crippen LogP contribution in [-0.4, -0.2) is 17.4 Å². The number of pyridine rings is 1. The summed E-state index contributed by atoms with van der Waals surface area (Å²) >= 11 is 0. The molecule has 0 radical (unpaired) electrons. The van der Waals surface area contributed by atoms with Crippen LogP contribution in [0.5, 0.6) is 5.75 Å². The first-order valence-corrected chi connectivity index (χ1v) is 5.82. The third-order valence-electron chi connectivity index (χ3n) is 2.90. The first kappa shape index (κ1) is 11.6. The van der Waals surface area contributed by atoms with E-state index in [2.05, 4.69) is 4.98 Å². The van der Waals surface area contributed by atoms with Gasteiger partial charge in [0, 0.05) is 18.0 Å². The van der Waals surface area contributed by atoms with E-state index < -0.39 is 5.82 Å². The molecule has 0 saturated heterocycles. The van der Waals surface area contributed by atoms with Crippen LogP contribution in [0.1, 0.15) is 15.9 Å². The van der Waals surface area contributed by atoms with Crippen LogP contribution in [0.3, 0.4) is 0 Å². The zero-order valence-corrected chi connectivity index (χ0v) is 9.97. The van der Waals surface area contributed by atoms with E-state index in [1.165, 1.54) is 12.1 Å². The van der Waals surface area contributed by atoms with E-state index in [1.54, 1.807) is 30.6 Å². The fraction of sp³-hybridized carbons (Fsp3) is 0.0667. The highest BCUT2D eigenvalue weighted by atomic mass is 19.1. The van der Waals surface area contributed by atoms with Crippen molar-refractivity contribution in [2.24, 2.45) is 0 Å². The molecule has 1 aromatic heterocycles. The number of rotatable bonds is 1. The van der Waals surface area contributed by atoms with Crippen molar-refractivity contribution in [2.45, 2.75) is 0 Å². The molecular weight excluding hydrogens is 245 g/mol. The van der Waals surface area contributed by atoms with E-state index in [-0.39, 0.29) is 23.7 Å². The Bertz CT molecular complexity index is 665. The van der Waals surface area contributed by atoms with Gasteiger partial charge in [0.05, 0.1) is 5.56 Å². The lowest BCUT2D eigenvalue weighted by Crippen LogP contribution is -2.19. The molecule has 0 spiro atoms. The van der Waals surface area contributed by atoms with Gasteiger partial charge in [0.15, 0.2) is 17.3 Å². The van der Waals surface area contributed by atoms with Crippen molar-refractivity contribution in [3.63, 3.8) is 0 Å². The smallest absolute Gasteiger partial charge is 0.196 e. The van der Waals surface area contributed by atoms with Gasteiger partial charge in [-0.05, 0) is 29.8 Å². The fourth-order valence-corrected chi connectivity index (χ4v) is 1.99. The van der Waals surface area contributed by atoms with Crippen molar-refractivity contribution in [1.29, 1.82) is 0 Å². The van der Waals surface area contributed by atoms with Crippen LogP contribution in [0.4, 0.5) is 4.39 Å². The Hall–Kier alpha value is -2.49. The van der Waals surface area contributed by atoms with Crippen molar-refractivity contribution in [3.05, 3.63) is 65.2 Å². The lowest BCUT2D eigenvalue weighted by atomic mass is 9.98. The molecule has 2 heterocycles. The average Bonchev–Trinajstić information content (AvgIpc) is 2.44. The molecule has 1 aliphatic heterocycles. The number of carbonyl (C=O) groups is 1. The van der Waals surface area contributed by atoms with Gasteiger partial charge in [-0.1, -0.05) is 12.1 Å². The Kier molecular flexibility index (Phi) is 2.83. The minimum atomic E-state index is -0.508. The predicted octanol–water partition coefficient (Wildman–Crippen LogP) is 2.88. The molecule has 0 amide bonds. The fourth-order valence-electron chi connectivity index (χ4n) is 1.99. The van der Waals surface area contributed by atoms with Crippen LogP contribution >= 0.6 is 0 Å². The lowest BCUT2D eigenvalue weighted by Gasteiger charge is -2.19. The van der Waals surface area contributed by atoms with Gasteiger partial charge >= 0.3 is 0 Å². The largest absolute Gasteiger partial charge is 0.485 e. The van der Waals surface area contributed by atoms with Crippen molar-refractivity contribution in [1.82, 2.24) is 4.98 Å². The molecule has 1 aromatic carbocycles. The van der Waals surface area contributed by atoms with Gasteiger partial charge in [-0.25, -0.2) is 4.39 Å². The number of nitrogens with zero attached hydrogens (tertiary/aromatic N) is 1. The third-order valence-corrected chi connectivity index (χ3v) is 2.90. The number of halogens is 1. The molecule has 94 valence electrons. The molecule has 0 bridgehead atoms. The van der Waals surface area contributed by atoms with Crippen LogP contribution in [0, 0.1) is 5.82 Å². The van der Waals surface area contributed by atoms with E-state index >= 15 is 0 Å². The first-order valence-electron chi connectivity index (χ1n) is 5.82. The summed E-state index contributed by atoms with van der Waals surface area (Å²) in [5, 5.41) is 0. The zero-order chi connectivity index (χ0) is 13.2. The average molecular weight is 255 g/mol. The van der Waals surface area contributed by atoms with E-state index in [0.29, 0.717) is 5.57 Å². The second-order valence-corrected chi connectivity index (χ2v) is 4.19. The van der Waals surface area contributed by atoms with Crippen LogP contribution < -0.4 is 4.74 Å². The minimum Gasteiger partial charge on any atom is -0.485 e. The Morgan fingerprint density at radius 1 is 1.26 bits per heavy atom. The normalized spacial score (nSPS) is 16.1. The summed E-state index contributed by atoms with van der Waals surface area (Å²) in [7, 11) is 0. The van der Waals surface area contributed by atoms with E-state index in [0.717, 1.165) is 5.56 Å². The van der Waals surface area contributed by atoms with Gasteiger partial charge in [0.25, 0.3) is 0 Å². The molecule has 3 rings (SSSR count). The first-order chi connectivity index (χ1) is 9.25. The summed E-state index contributed by atoms with van der Waals surface area (Å²) in [6.07, 6.45) is 5.02. The molecule has 0 unspecified atom stereocenters. The van der Waals surface area contributed by atoms with Crippen molar-refractivity contribution in [3.8, 4) is 5.75 Å². The summed E-state index contributed by atoms with van der Waals surface area (Å²) in [6, 6.07) is 7.98. The molecule has 2 aromatic rings. The number of carbonyl (C=O) groups excluding carboxylic acids is 1. The quantitative estimate of drug-likeness (QED) is 0.735. The van der Waals surface area contributed by atoms with Gasteiger partial charge in [0.2, 0.25) is 0 Å². The number of ether oxygens (including phenoxy) is 1. The summed E-state index contributed by atoms with van der Waals surface area (Å²) < 4.78 is 18.8.